The van der Waals surface area contributed by atoms with Gasteiger partial charge in [0, 0.05) is 6.42 Å². The van der Waals surface area contributed by atoms with Crippen molar-refractivity contribution in [3.05, 3.63) is 58.7 Å². The van der Waals surface area contributed by atoms with E-state index < -0.39 is 5.67 Å². The van der Waals surface area contributed by atoms with Crippen molar-refractivity contribution in [3.8, 4) is 0 Å². The smallest absolute Gasteiger partial charge is 0.175 e. The Morgan fingerprint density at radius 3 is 2.80 bits per heavy atom. The minimum atomic E-state index is -1.60. The van der Waals surface area contributed by atoms with Crippen LogP contribution in [0.2, 0.25) is 0 Å². The molecule has 0 spiro atoms. The molecule has 2 heteroatoms. The molecule has 2 rings (SSSR count). The van der Waals surface area contributed by atoms with Crippen molar-refractivity contribution in [1.29, 1.82) is 0 Å². The molecular formula is C13H11ClF. The molecule has 0 fully saturated rings. The van der Waals surface area contributed by atoms with Gasteiger partial charge in [0.25, 0.3) is 0 Å². The Balaban J connectivity index is 2.51. The fourth-order valence-electron chi connectivity index (χ4n) is 1.79. The van der Waals surface area contributed by atoms with Crippen LogP contribution in [0.15, 0.2) is 41.4 Å². The molecule has 0 saturated heterocycles. The molecule has 1 aromatic rings. The highest BCUT2D eigenvalue weighted by Crippen LogP contribution is 2.42. The molecule has 0 heterocycles. The van der Waals surface area contributed by atoms with Crippen LogP contribution in [0, 0.1) is 13.0 Å². The maximum atomic E-state index is 14.7. The predicted octanol–water partition coefficient (Wildman–Crippen LogP) is 4.05. The van der Waals surface area contributed by atoms with Gasteiger partial charge in [-0.15, -0.1) is 0 Å². The lowest BCUT2D eigenvalue weighted by Gasteiger charge is -2.27. The van der Waals surface area contributed by atoms with Gasteiger partial charge in [-0.2, -0.15) is 0 Å². The normalized spacial score (nSPS) is 25.1. The molecule has 1 aromatic carbocycles. The van der Waals surface area contributed by atoms with Gasteiger partial charge in [-0.05, 0) is 30.2 Å². The van der Waals surface area contributed by atoms with Crippen LogP contribution in [0.5, 0.6) is 0 Å². The van der Waals surface area contributed by atoms with Crippen LogP contribution in [0.25, 0.3) is 0 Å². The van der Waals surface area contributed by atoms with Crippen molar-refractivity contribution in [3.63, 3.8) is 0 Å². The maximum Gasteiger partial charge on any atom is 0.175 e. The number of benzene rings is 1. The zero-order chi connectivity index (χ0) is 10.9. The van der Waals surface area contributed by atoms with E-state index in [1.807, 2.05) is 25.1 Å². The molecule has 15 heavy (non-hydrogen) atoms. The average molecular weight is 222 g/mol. The number of rotatable bonds is 1. The van der Waals surface area contributed by atoms with E-state index in [0.717, 1.165) is 5.56 Å². The standard InChI is InChI=1S/C13H11ClF/c1-10-6-2-3-7-11(10)13(15)9-5-4-8-12(13)14/h2-4,6-8H,9H2,1H3. The fourth-order valence-corrected chi connectivity index (χ4v) is 2.02. The van der Waals surface area contributed by atoms with Crippen molar-refractivity contribution in [2.45, 2.75) is 19.0 Å². The second kappa shape index (κ2) is 3.82. The van der Waals surface area contributed by atoms with Crippen LogP contribution in [-0.2, 0) is 5.67 Å². The zero-order valence-electron chi connectivity index (χ0n) is 8.43. The summed E-state index contributed by atoms with van der Waals surface area (Å²) in [6.07, 6.45) is 6.29. The Kier molecular flexibility index (Phi) is 2.66. The predicted molar refractivity (Wildman–Crippen MR) is 60.3 cm³/mol. The van der Waals surface area contributed by atoms with Gasteiger partial charge in [-0.25, -0.2) is 4.39 Å². The highest BCUT2D eigenvalue weighted by atomic mass is 35.5. The van der Waals surface area contributed by atoms with Gasteiger partial charge in [0.05, 0.1) is 5.03 Å². The van der Waals surface area contributed by atoms with E-state index >= 15 is 0 Å². The quantitative estimate of drug-likeness (QED) is 0.671. The van der Waals surface area contributed by atoms with Crippen molar-refractivity contribution >= 4 is 11.6 Å². The number of alkyl halides is 1. The molecule has 1 atom stereocenters. The molecule has 0 nitrogen and oxygen atoms in total. The monoisotopic (exact) mass is 221 g/mol. The van der Waals surface area contributed by atoms with Crippen molar-refractivity contribution in [2.24, 2.45) is 0 Å². The molecule has 0 bridgehead atoms. The second-order valence-electron chi connectivity index (χ2n) is 3.68. The van der Waals surface area contributed by atoms with Gasteiger partial charge in [0.2, 0.25) is 0 Å². The van der Waals surface area contributed by atoms with Crippen LogP contribution < -0.4 is 0 Å². The van der Waals surface area contributed by atoms with Crippen LogP contribution >= 0.6 is 11.6 Å². The number of halogens is 2. The van der Waals surface area contributed by atoms with Gasteiger partial charge in [0.1, 0.15) is 0 Å². The lowest BCUT2D eigenvalue weighted by molar-refractivity contribution is 0.225. The van der Waals surface area contributed by atoms with E-state index in [0.29, 0.717) is 5.56 Å². The minimum absolute atomic E-state index is 0.188. The van der Waals surface area contributed by atoms with E-state index in [9.17, 15) is 4.39 Å². The fraction of sp³-hybridized carbons (Fsp3) is 0.231. The minimum Gasteiger partial charge on any atom is -0.232 e. The van der Waals surface area contributed by atoms with Gasteiger partial charge in [0.15, 0.2) is 5.67 Å². The van der Waals surface area contributed by atoms with Gasteiger partial charge in [-0.3, -0.25) is 0 Å². The molecule has 0 aromatic heterocycles. The molecule has 0 amide bonds. The van der Waals surface area contributed by atoms with Crippen LogP contribution in [-0.4, -0.2) is 0 Å². The van der Waals surface area contributed by atoms with Gasteiger partial charge < -0.3 is 0 Å². The van der Waals surface area contributed by atoms with E-state index in [1.165, 1.54) is 0 Å². The first-order valence-electron chi connectivity index (χ1n) is 4.82. The molecule has 1 unspecified atom stereocenters. The molecular weight excluding hydrogens is 211 g/mol. The number of allylic oxidation sites excluding steroid dienone is 4. The summed E-state index contributed by atoms with van der Waals surface area (Å²) in [5, 5.41) is 0.232. The third kappa shape index (κ3) is 1.72. The molecule has 77 valence electrons. The summed E-state index contributed by atoms with van der Waals surface area (Å²) in [5.74, 6) is 0. The maximum absolute atomic E-state index is 14.7. The van der Waals surface area contributed by atoms with E-state index in [2.05, 4.69) is 6.08 Å². The zero-order valence-corrected chi connectivity index (χ0v) is 9.18. The largest absolute Gasteiger partial charge is 0.232 e. The lowest BCUT2D eigenvalue weighted by Crippen LogP contribution is -2.22. The summed E-state index contributed by atoms with van der Waals surface area (Å²) in [5.41, 5.74) is -0.0520. The third-order valence-corrected chi connectivity index (χ3v) is 3.07. The van der Waals surface area contributed by atoms with Crippen molar-refractivity contribution in [1.82, 2.24) is 0 Å². The lowest BCUT2D eigenvalue weighted by atomic mass is 9.86. The van der Waals surface area contributed by atoms with E-state index in [-0.39, 0.29) is 11.5 Å². The summed E-state index contributed by atoms with van der Waals surface area (Å²) in [7, 11) is 0. The summed E-state index contributed by atoms with van der Waals surface area (Å²) >= 11 is 5.95. The highest BCUT2D eigenvalue weighted by molar-refractivity contribution is 6.30. The Morgan fingerprint density at radius 1 is 1.40 bits per heavy atom. The Morgan fingerprint density at radius 2 is 2.13 bits per heavy atom. The number of hydrogen-bond acceptors (Lipinski definition) is 0. The molecule has 1 radical (unpaired) electrons. The first-order chi connectivity index (χ1) is 7.14. The number of hydrogen-bond donors (Lipinski definition) is 0. The molecule has 0 aliphatic heterocycles. The third-order valence-electron chi connectivity index (χ3n) is 2.64. The molecule has 1 aliphatic carbocycles. The van der Waals surface area contributed by atoms with Gasteiger partial charge >= 0.3 is 0 Å². The summed E-state index contributed by atoms with van der Waals surface area (Å²) < 4.78 is 14.7. The summed E-state index contributed by atoms with van der Waals surface area (Å²) in [6, 6.07) is 7.38. The average Bonchev–Trinajstić information content (AvgIpc) is 2.23. The SMILES string of the molecule is Cc1ccccc1C1(F)C[C]=CC=C1Cl. The Bertz CT molecular complexity index is 434. The van der Waals surface area contributed by atoms with E-state index in [4.69, 9.17) is 11.6 Å². The number of aryl methyl sites for hydroxylation is 1. The highest BCUT2D eigenvalue weighted by Gasteiger charge is 2.36. The van der Waals surface area contributed by atoms with Crippen LogP contribution in [0.3, 0.4) is 0 Å². The molecule has 0 saturated carbocycles. The molecule has 1 aliphatic rings. The van der Waals surface area contributed by atoms with Gasteiger partial charge in [-0.1, -0.05) is 41.9 Å². The first-order valence-corrected chi connectivity index (χ1v) is 5.20. The van der Waals surface area contributed by atoms with Crippen molar-refractivity contribution in [2.75, 3.05) is 0 Å². The summed E-state index contributed by atoms with van der Waals surface area (Å²) in [4.78, 5) is 0. The second-order valence-corrected chi connectivity index (χ2v) is 4.09. The first kappa shape index (κ1) is 10.4. The van der Waals surface area contributed by atoms with E-state index in [1.54, 1.807) is 18.2 Å². The Hall–Kier alpha value is -1.08. The Labute approximate surface area is 94.1 Å². The molecule has 0 N–H and O–H groups in total. The summed E-state index contributed by atoms with van der Waals surface area (Å²) in [6.45, 7) is 1.89. The topological polar surface area (TPSA) is 0 Å². The van der Waals surface area contributed by atoms with Crippen molar-refractivity contribution < 1.29 is 4.39 Å². The van der Waals surface area contributed by atoms with Crippen LogP contribution in [0.4, 0.5) is 4.39 Å². The van der Waals surface area contributed by atoms with Crippen LogP contribution in [0.1, 0.15) is 17.5 Å².